The molecule has 3 nitrogen and oxygen atoms in total. The Morgan fingerprint density at radius 3 is 2.79 bits per heavy atom. The van der Waals surface area contributed by atoms with Crippen molar-refractivity contribution >= 4 is 5.69 Å². The van der Waals surface area contributed by atoms with E-state index in [0.29, 0.717) is 0 Å². The van der Waals surface area contributed by atoms with Gasteiger partial charge in [-0.2, -0.15) is 0 Å². The molecule has 2 aliphatic rings. The van der Waals surface area contributed by atoms with Crippen molar-refractivity contribution in [2.75, 3.05) is 31.1 Å². The Morgan fingerprint density at radius 2 is 2.00 bits per heavy atom. The van der Waals surface area contributed by atoms with Gasteiger partial charge in [-0.15, -0.1) is 0 Å². The highest BCUT2D eigenvalue weighted by molar-refractivity contribution is 5.62. The van der Waals surface area contributed by atoms with Crippen molar-refractivity contribution in [3.8, 4) is 5.75 Å². The molecule has 2 heterocycles. The van der Waals surface area contributed by atoms with Gasteiger partial charge in [0.2, 0.25) is 0 Å². The Labute approximate surface area is 145 Å². The van der Waals surface area contributed by atoms with E-state index in [4.69, 9.17) is 4.74 Å². The number of unbranched alkanes of at least 4 members (excludes halogenated alkanes) is 1. The molecular formula is C20H29FN2O. The SMILES string of the molecule is CCCCC1CCN(CCCN2C=COc3ccc(F)cc32)CC1. The molecule has 132 valence electrons. The molecule has 0 aromatic heterocycles. The van der Waals surface area contributed by atoms with Crippen LogP contribution < -0.4 is 9.64 Å². The lowest BCUT2D eigenvalue weighted by molar-refractivity contribution is 0.176. The van der Waals surface area contributed by atoms with Gasteiger partial charge in [0.15, 0.2) is 0 Å². The summed E-state index contributed by atoms with van der Waals surface area (Å²) in [7, 11) is 0. The van der Waals surface area contributed by atoms with E-state index in [1.54, 1.807) is 18.4 Å². The van der Waals surface area contributed by atoms with Gasteiger partial charge in [0.25, 0.3) is 0 Å². The van der Waals surface area contributed by atoms with Crippen molar-refractivity contribution in [1.82, 2.24) is 4.90 Å². The van der Waals surface area contributed by atoms with Crippen molar-refractivity contribution in [3.63, 3.8) is 0 Å². The van der Waals surface area contributed by atoms with Gasteiger partial charge in [-0.05, 0) is 56.9 Å². The zero-order chi connectivity index (χ0) is 16.8. The van der Waals surface area contributed by atoms with Crippen molar-refractivity contribution < 1.29 is 9.13 Å². The van der Waals surface area contributed by atoms with Gasteiger partial charge in [-0.1, -0.05) is 26.2 Å². The fourth-order valence-corrected chi connectivity index (χ4v) is 3.72. The molecule has 0 atom stereocenters. The zero-order valence-electron chi connectivity index (χ0n) is 14.7. The summed E-state index contributed by atoms with van der Waals surface area (Å²) in [5.74, 6) is 1.46. The molecule has 1 aromatic rings. The number of likely N-dealkylation sites (tertiary alicyclic amines) is 1. The zero-order valence-corrected chi connectivity index (χ0v) is 14.7. The number of rotatable bonds is 7. The monoisotopic (exact) mass is 332 g/mol. The number of fused-ring (bicyclic) bond motifs is 1. The molecule has 0 N–H and O–H groups in total. The number of benzene rings is 1. The average Bonchev–Trinajstić information content (AvgIpc) is 2.61. The van der Waals surface area contributed by atoms with Crippen LogP contribution in [-0.4, -0.2) is 31.1 Å². The van der Waals surface area contributed by atoms with E-state index < -0.39 is 0 Å². The highest BCUT2D eigenvalue weighted by atomic mass is 19.1. The van der Waals surface area contributed by atoms with Gasteiger partial charge >= 0.3 is 0 Å². The van der Waals surface area contributed by atoms with Gasteiger partial charge in [0.05, 0.1) is 5.69 Å². The van der Waals surface area contributed by atoms with Crippen LogP contribution in [0.15, 0.2) is 30.7 Å². The largest absolute Gasteiger partial charge is 0.461 e. The van der Waals surface area contributed by atoms with E-state index in [9.17, 15) is 4.39 Å². The summed E-state index contributed by atoms with van der Waals surface area (Å²) >= 11 is 0. The Morgan fingerprint density at radius 1 is 1.17 bits per heavy atom. The fourth-order valence-electron chi connectivity index (χ4n) is 3.72. The van der Waals surface area contributed by atoms with E-state index in [2.05, 4.69) is 16.7 Å². The molecule has 4 heteroatoms. The molecule has 0 radical (unpaired) electrons. The summed E-state index contributed by atoms with van der Waals surface area (Å²) < 4.78 is 18.9. The molecule has 0 aliphatic carbocycles. The van der Waals surface area contributed by atoms with Gasteiger partial charge in [-0.3, -0.25) is 0 Å². The standard InChI is InChI=1S/C20H29FN2O/c1-2-3-5-17-8-12-22(13-9-17)10-4-11-23-14-15-24-20-7-6-18(21)16-19(20)23/h6-7,14-17H,2-5,8-13H2,1H3. The fraction of sp³-hybridized carbons (Fsp3) is 0.600. The van der Waals surface area contributed by atoms with Crippen molar-refractivity contribution in [2.24, 2.45) is 5.92 Å². The Kier molecular flexibility index (Phi) is 6.13. The van der Waals surface area contributed by atoms with Gasteiger partial charge in [-0.25, -0.2) is 4.39 Å². The number of ether oxygens (including phenoxy) is 1. The molecule has 24 heavy (non-hydrogen) atoms. The van der Waals surface area contributed by atoms with E-state index >= 15 is 0 Å². The maximum Gasteiger partial charge on any atom is 0.150 e. The Hall–Kier alpha value is -1.55. The maximum absolute atomic E-state index is 13.5. The minimum atomic E-state index is -0.216. The number of hydrogen-bond donors (Lipinski definition) is 0. The van der Waals surface area contributed by atoms with Gasteiger partial charge in [0, 0.05) is 18.8 Å². The third-order valence-corrected chi connectivity index (χ3v) is 5.21. The highest BCUT2D eigenvalue weighted by Gasteiger charge is 2.19. The third kappa shape index (κ3) is 4.50. The van der Waals surface area contributed by atoms with E-state index in [1.807, 2.05) is 6.20 Å². The second kappa shape index (κ2) is 8.52. The molecule has 0 bridgehead atoms. The van der Waals surface area contributed by atoms with Crippen LogP contribution in [0.4, 0.5) is 10.1 Å². The van der Waals surface area contributed by atoms with E-state index in [0.717, 1.165) is 36.9 Å². The average molecular weight is 332 g/mol. The topological polar surface area (TPSA) is 15.7 Å². The first-order chi connectivity index (χ1) is 11.8. The molecule has 1 fully saturated rings. The first-order valence-electron chi connectivity index (χ1n) is 9.38. The van der Waals surface area contributed by atoms with E-state index in [-0.39, 0.29) is 5.82 Å². The van der Waals surface area contributed by atoms with Crippen LogP contribution in [0, 0.1) is 11.7 Å². The van der Waals surface area contributed by atoms with E-state index in [1.165, 1.54) is 51.3 Å². The molecule has 3 rings (SSSR count). The minimum absolute atomic E-state index is 0.216. The maximum atomic E-state index is 13.5. The molecule has 0 spiro atoms. The normalized spacial score (nSPS) is 18.5. The predicted octanol–water partition coefficient (Wildman–Crippen LogP) is 4.79. The highest BCUT2D eigenvalue weighted by Crippen LogP contribution is 2.32. The molecule has 0 unspecified atom stereocenters. The van der Waals surface area contributed by atoms with Crippen molar-refractivity contribution in [2.45, 2.75) is 45.4 Å². The van der Waals surface area contributed by atoms with Gasteiger partial charge in [0.1, 0.15) is 17.8 Å². The number of hydrogen-bond acceptors (Lipinski definition) is 3. The molecule has 1 aromatic carbocycles. The number of halogens is 1. The molecule has 2 aliphatic heterocycles. The third-order valence-electron chi connectivity index (χ3n) is 5.21. The second-order valence-electron chi connectivity index (χ2n) is 6.99. The quantitative estimate of drug-likeness (QED) is 0.714. The summed E-state index contributed by atoms with van der Waals surface area (Å²) in [5.41, 5.74) is 0.829. The van der Waals surface area contributed by atoms with Crippen LogP contribution in [-0.2, 0) is 0 Å². The summed E-state index contributed by atoms with van der Waals surface area (Å²) in [6, 6.07) is 4.69. The summed E-state index contributed by atoms with van der Waals surface area (Å²) in [4.78, 5) is 4.68. The lowest BCUT2D eigenvalue weighted by Gasteiger charge is -2.33. The number of piperidine rings is 1. The second-order valence-corrected chi connectivity index (χ2v) is 6.99. The first-order valence-corrected chi connectivity index (χ1v) is 9.38. The number of nitrogens with zero attached hydrogens (tertiary/aromatic N) is 2. The van der Waals surface area contributed by atoms with Crippen LogP contribution in [0.25, 0.3) is 0 Å². The lowest BCUT2D eigenvalue weighted by Crippen LogP contribution is -2.35. The smallest absolute Gasteiger partial charge is 0.150 e. The molecule has 1 saturated heterocycles. The predicted molar refractivity (Wildman–Crippen MR) is 96.8 cm³/mol. The summed E-state index contributed by atoms with van der Waals surface area (Å²) in [5, 5.41) is 0. The van der Waals surface area contributed by atoms with Crippen molar-refractivity contribution in [3.05, 3.63) is 36.5 Å². The Bertz CT molecular complexity index is 553. The lowest BCUT2D eigenvalue weighted by atomic mass is 9.91. The number of anilines is 1. The molecular weight excluding hydrogens is 303 g/mol. The molecule has 0 saturated carbocycles. The van der Waals surface area contributed by atoms with Crippen LogP contribution in [0.1, 0.15) is 45.4 Å². The first kappa shape index (κ1) is 17.3. The summed E-state index contributed by atoms with van der Waals surface area (Å²) in [6.45, 7) is 6.76. The minimum Gasteiger partial charge on any atom is -0.461 e. The Balaban J connectivity index is 1.42. The van der Waals surface area contributed by atoms with Crippen molar-refractivity contribution in [1.29, 1.82) is 0 Å². The van der Waals surface area contributed by atoms with Crippen LogP contribution >= 0.6 is 0 Å². The van der Waals surface area contributed by atoms with Crippen LogP contribution in [0.3, 0.4) is 0 Å². The molecule has 0 amide bonds. The van der Waals surface area contributed by atoms with Gasteiger partial charge < -0.3 is 14.5 Å². The summed E-state index contributed by atoms with van der Waals surface area (Å²) in [6.07, 6.45) is 11.5. The van der Waals surface area contributed by atoms with Crippen LogP contribution in [0.5, 0.6) is 5.75 Å². The van der Waals surface area contributed by atoms with Crippen LogP contribution in [0.2, 0.25) is 0 Å².